The van der Waals surface area contributed by atoms with Gasteiger partial charge in [-0.25, -0.2) is 4.39 Å². The van der Waals surface area contributed by atoms with Gasteiger partial charge in [-0.1, -0.05) is 24.3 Å². The molecule has 0 saturated carbocycles. The van der Waals surface area contributed by atoms with Crippen LogP contribution in [0.3, 0.4) is 0 Å². The van der Waals surface area contributed by atoms with Gasteiger partial charge in [0.05, 0.1) is 9.40 Å². The number of benzene rings is 2. The zero-order chi connectivity index (χ0) is 15.2. The first-order chi connectivity index (χ1) is 10.1. The minimum absolute atomic E-state index is 0.0550. The topological polar surface area (TPSA) is 55.2 Å². The smallest absolute Gasteiger partial charge is 0.283 e. The van der Waals surface area contributed by atoms with E-state index < -0.39 is 4.92 Å². The number of hydrogen-bond donors (Lipinski definition) is 1. The normalized spacial score (nSPS) is 10.6. The number of nitrogens with zero attached hydrogens (tertiary/aromatic N) is 1. The lowest BCUT2D eigenvalue weighted by atomic mass is 10.1. The van der Waals surface area contributed by atoms with E-state index in [4.69, 9.17) is 0 Å². The molecule has 0 aliphatic carbocycles. The molecule has 0 aliphatic heterocycles. The van der Waals surface area contributed by atoms with Gasteiger partial charge in [-0.3, -0.25) is 10.1 Å². The van der Waals surface area contributed by atoms with Crippen LogP contribution < -0.4 is 5.32 Å². The van der Waals surface area contributed by atoms with E-state index in [9.17, 15) is 14.5 Å². The van der Waals surface area contributed by atoms with Crippen LogP contribution >= 0.6 is 15.9 Å². The Morgan fingerprint density at radius 2 is 2.00 bits per heavy atom. The summed E-state index contributed by atoms with van der Waals surface area (Å²) in [6, 6.07) is 11.4. The van der Waals surface area contributed by atoms with Gasteiger partial charge >= 0.3 is 0 Å². The largest absolute Gasteiger partial charge is 0.312 e. The molecule has 2 aromatic carbocycles. The molecule has 0 bridgehead atoms. The molecule has 0 aliphatic rings. The van der Waals surface area contributed by atoms with Gasteiger partial charge in [-0.05, 0) is 52.2 Å². The SMILES string of the molecule is O=[N+]([O-])c1cccc(CNCCc2cccc(F)c2)c1Br. The fourth-order valence-electron chi connectivity index (χ4n) is 1.99. The Labute approximate surface area is 130 Å². The second kappa shape index (κ2) is 7.28. The van der Waals surface area contributed by atoms with E-state index in [2.05, 4.69) is 21.2 Å². The van der Waals surface area contributed by atoms with Crippen LogP contribution in [0.25, 0.3) is 0 Å². The third-order valence-corrected chi connectivity index (χ3v) is 3.97. The molecule has 4 nitrogen and oxygen atoms in total. The molecule has 2 rings (SSSR count). The second-order valence-electron chi connectivity index (χ2n) is 4.56. The molecule has 6 heteroatoms. The Hall–Kier alpha value is -1.79. The summed E-state index contributed by atoms with van der Waals surface area (Å²) in [5.41, 5.74) is 1.79. The molecule has 0 spiro atoms. The number of halogens is 2. The lowest BCUT2D eigenvalue weighted by Crippen LogP contribution is -2.17. The Balaban J connectivity index is 1.89. The maximum absolute atomic E-state index is 13.0. The molecule has 2 aromatic rings. The second-order valence-corrected chi connectivity index (χ2v) is 5.36. The van der Waals surface area contributed by atoms with Gasteiger partial charge in [0.25, 0.3) is 5.69 Å². The van der Waals surface area contributed by atoms with Crippen LogP contribution in [-0.4, -0.2) is 11.5 Å². The summed E-state index contributed by atoms with van der Waals surface area (Å²) < 4.78 is 13.5. The number of hydrogen-bond acceptors (Lipinski definition) is 3. The predicted octanol–water partition coefficient (Wildman–Crippen LogP) is 3.83. The van der Waals surface area contributed by atoms with Crippen molar-refractivity contribution < 1.29 is 9.31 Å². The van der Waals surface area contributed by atoms with Crippen LogP contribution in [-0.2, 0) is 13.0 Å². The van der Waals surface area contributed by atoms with Gasteiger partial charge in [-0.15, -0.1) is 0 Å². The molecule has 1 N–H and O–H groups in total. The van der Waals surface area contributed by atoms with E-state index in [1.165, 1.54) is 18.2 Å². The number of nitro groups is 1. The Morgan fingerprint density at radius 3 is 2.71 bits per heavy atom. The first kappa shape index (κ1) is 15.6. The zero-order valence-electron chi connectivity index (χ0n) is 11.2. The molecule has 110 valence electrons. The fraction of sp³-hybridized carbons (Fsp3) is 0.200. The number of nitro benzene ring substituents is 1. The highest BCUT2D eigenvalue weighted by molar-refractivity contribution is 9.10. The Bertz CT molecular complexity index is 649. The van der Waals surface area contributed by atoms with Crippen molar-refractivity contribution in [1.82, 2.24) is 5.32 Å². The van der Waals surface area contributed by atoms with Gasteiger partial charge in [0, 0.05) is 12.6 Å². The van der Waals surface area contributed by atoms with Crippen LogP contribution in [0.2, 0.25) is 0 Å². The van der Waals surface area contributed by atoms with Gasteiger partial charge in [-0.2, -0.15) is 0 Å². The summed E-state index contributed by atoms with van der Waals surface area (Å²) >= 11 is 3.26. The van der Waals surface area contributed by atoms with Crippen molar-refractivity contribution in [3.05, 3.63) is 74.0 Å². The summed E-state index contributed by atoms with van der Waals surface area (Å²) in [6.07, 6.45) is 0.699. The van der Waals surface area contributed by atoms with Crippen molar-refractivity contribution in [3.63, 3.8) is 0 Å². The summed E-state index contributed by atoms with van der Waals surface area (Å²) in [4.78, 5) is 10.4. The van der Waals surface area contributed by atoms with Crippen molar-refractivity contribution in [2.75, 3.05) is 6.54 Å². The van der Waals surface area contributed by atoms with Crippen LogP contribution in [0.15, 0.2) is 46.9 Å². The standard InChI is InChI=1S/C15H14BrFN2O2/c16-15-12(4-2-6-14(15)19(20)21)10-18-8-7-11-3-1-5-13(17)9-11/h1-6,9,18H,7-8,10H2. The van der Waals surface area contributed by atoms with Gasteiger partial charge in [0.1, 0.15) is 5.82 Å². The summed E-state index contributed by atoms with van der Waals surface area (Å²) in [5.74, 6) is -0.242. The fourth-order valence-corrected chi connectivity index (χ4v) is 2.54. The van der Waals surface area contributed by atoms with Crippen molar-refractivity contribution in [2.24, 2.45) is 0 Å². The summed E-state index contributed by atoms with van der Waals surface area (Å²) in [6.45, 7) is 1.18. The summed E-state index contributed by atoms with van der Waals surface area (Å²) in [7, 11) is 0. The first-order valence-electron chi connectivity index (χ1n) is 6.45. The lowest BCUT2D eigenvalue weighted by Gasteiger charge is -2.07. The third kappa shape index (κ3) is 4.34. The van der Waals surface area contributed by atoms with Crippen LogP contribution in [0.4, 0.5) is 10.1 Å². The van der Waals surface area contributed by atoms with Gasteiger partial charge in [0.15, 0.2) is 0 Å². The number of nitrogens with one attached hydrogen (secondary N) is 1. The van der Waals surface area contributed by atoms with E-state index in [-0.39, 0.29) is 11.5 Å². The van der Waals surface area contributed by atoms with Crippen LogP contribution in [0.1, 0.15) is 11.1 Å². The van der Waals surface area contributed by atoms with E-state index in [1.54, 1.807) is 12.1 Å². The van der Waals surface area contributed by atoms with Crippen molar-refractivity contribution in [2.45, 2.75) is 13.0 Å². The molecule has 0 unspecified atom stereocenters. The molecule has 0 aromatic heterocycles. The quantitative estimate of drug-likeness (QED) is 0.488. The van der Waals surface area contributed by atoms with Gasteiger partial charge < -0.3 is 5.32 Å². The highest BCUT2D eigenvalue weighted by Gasteiger charge is 2.14. The van der Waals surface area contributed by atoms with E-state index in [0.717, 1.165) is 11.1 Å². The Kier molecular flexibility index (Phi) is 5.41. The van der Waals surface area contributed by atoms with Crippen LogP contribution in [0, 0.1) is 15.9 Å². The molecule has 21 heavy (non-hydrogen) atoms. The van der Waals surface area contributed by atoms with Crippen molar-refractivity contribution >= 4 is 21.6 Å². The maximum Gasteiger partial charge on any atom is 0.283 e. The predicted molar refractivity (Wildman–Crippen MR) is 82.6 cm³/mol. The Morgan fingerprint density at radius 1 is 1.24 bits per heavy atom. The minimum Gasteiger partial charge on any atom is -0.312 e. The van der Waals surface area contributed by atoms with E-state index in [0.29, 0.717) is 24.0 Å². The third-order valence-electron chi connectivity index (χ3n) is 3.05. The van der Waals surface area contributed by atoms with Crippen molar-refractivity contribution in [1.29, 1.82) is 0 Å². The molecule has 0 atom stereocenters. The molecule has 0 heterocycles. The maximum atomic E-state index is 13.0. The van der Waals surface area contributed by atoms with E-state index in [1.807, 2.05) is 12.1 Å². The molecular formula is C15H14BrFN2O2. The van der Waals surface area contributed by atoms with E-state index >= 15 is 0 Å². The highest BCUT2D eigenvalue weighted by atomic mass is 79.9. The van der Waals surface area contributed by atoms with Crippen molar-refractivity contribution in [3.8, 4) is 0 Å². The molecule has 0 saturated heterocycles. The lowest BCUT2D eigenvalue weighted by molar-refractivity contribution is -0.385. The average molecular weight is 353 g/mol. The molecule has 0 amide bonds. The number of rotatable bonds is 6. The monoisotopic (exact) mass is 352 g/mol. The zero-order valence-corrected chi connectivity index (χ0v) is 12.8. The molecule has 0 radical (unpaired) electrons. The summed E-state index contributed by atoms with van der Waals surface area (Å²) in [5, 5.41) is 14.0. The first-order valence-corrected chi connectivity index (χ1v) is 7.24. The minimum atomic E-state index is -0.416. The van der Waals surface area contributed by atoms with Crippen LogP contribution in [0.5, 0.6) is 0 Å². The average Bonchev–Trinajstić information content (AvgIpc) is 2.45. The molecule has 0 fully saturated rings. The van der Waals surface area contributed by atoms with Gasteiger partial charge in [0.2, 0.25) is 0 Å². The highest BCUT2D eigenvalue weighted by Crippen LogP contribution is 2.28. The molecular weight excluding hydrogens is 339 g/mol.